The van der Waals surface area contributed by atoms with Crippen LogP contribution in [0.1, 0.15) is 17.2 Å². The maximum atomic E-state index is 9.32. The van der Waals surface area contributed by atoms with Crippen LogP contribution in [0.3, 0.4) is 0 Å². The van der Waals surface area contributed by atoms with Gasteiger partial charge in [-0.05, 0) is 11.1 Å². The van der Waals surface area contributed by atoms with Gasteiger partial charge >= 0.3 is 0 Å². The molecule has 3 heteroatoms. The van der Waals surface area contributed by atoms with Gasteiger partial charge in [0.15, 0.2) is 0 Å². The SMILES string of the molecule is N#C[C@@H]1CON(Cc2ccccc2)[C@H]1c1ccccc1. The molecule has 1 heterocycles. The van der Waals surface area contributed by atoms with Crippen molar-refractivity contribution in [2.75, 3.05) is 6.61 Å². The van der Waals surface area contributed by atoms with Crippen LogP contribution >= 0.6 is 0 Å². The van der Waals surface area contributed by atoms with Gasteiger partial charge in [0.25, 0.3) is 0 Å². The number of hydroxylamine groups is 2. The zero-order valence-electron chi connectivity index (χ0n) is 11.1. The summed E-state index contributed by atoms with van der Waals surface area (Å²) in [4.78, 5) is 5.74. The Bertz CT molecular complexity index is 591. The summed E-state index contributed by atoms with van der Waals surface area (Å²) in [5.41, 5.74) is 2.32. The van der Waals surface area contributed by atoms with E-state index in [1.165, 1.54) is 5.56 Å². The van der Waals surface area contributed by atoms with E-state index in [1.807, 2.05) is 41.5 Å². The van der Waals surface area contributed by atoms with Crippen LogP contribution in [0.5, 0.6) is 0 Å². The second-order valence-corrected chi connectivity index (χ2v) is 4.95. The molecule has 0 aromatic heterocycles. The molecule has 0 amide bonds. The molecule has 0 spiro atoms. The van der Waals surface area contributed by atoms with Crippen molar-refractivity contribution in [3.63, 3.8) is 0 Å². The van der Waals surface area contributed by atoms with Gasteiger partial charge in [0.1, 0.15) is 0 Å². The highest BCUT2D eigenvalue weighted by Gasteiger charge is 2.36. The first-order valence-corrected chi connectivity index (χ1v) is 6.76. The molecule has 20 heavy (non-hydrogen) atoms. The van der Waals surface area contributed by atoms with Crippen molar-refractivity contribution >= 4 is 0 Å². The first-order chi connectivity index (χ1) is 9.88. The van der Waals surface area contributed by atoms with Gasteiger partial charge in [-0.15, -0.1) is 0 Å². The van der Waals surface area contributed by atoms with Crippen LogP contribution in [0.2, 0.25) is 0 Å². The largest absolute Gasteiger partial charge is 0.297 e. The summed E-state index contributed by atoms with van der Waals surface area (Å²) >= 11 is 0. The molecule has 0 bridgehead atoms. The number of hydrogen-bond donors (Lipinski definition) is 0. The van der Waals surface area contributed by atoms with Gasteiger partial charge in [-0.1, -0.05) is 60.7 Å². The van der Waals surface area contributed by atoms with Crippen LogP contribution in [0.25, 0.3) is 0 Å². The van der Waals surface area contributed by atoms with E-state index in [9.17, 15) is 5.26 Å². The zero-order chi connectivity index (χ0) is 13.8. The molecule has 3 nitrogen and oxygen atoms in total. The summed E-state index contributed by atoms with van der Waals surface area (Å²) in [6, 6.07) is 22.7. The Morgan fingerprint density at radius 2 is 1.70 bits per heavy atom. The summed E-state index contributed by atoms with van der Waals surface area (Å²) in [5, 5.41) is 11.3. The minimum atomic E-state index is -0.124. The molecular weight excluding hydrogens is 248 g/mol. The molecule has 0 N–H and O–H groups in total. The first kappa shape index (κ1) is 12.9. The van der Waals surface area contributed by atoms with E-state index in [0.29, 0.717) is 13.2 Å². The summed E-state index contributed by atoms with van der Waals surface area (Å²) in [6.07, 6.45) is 0. The quantitative estimate of drug-likeness (QED) is 0.853. The van der Waals surface area contributed by atoms with Gasteiger partial charge in [-0.3, -0.25) is 4.84 Å². The van der Waals surface area contributed by atoms with Crippen molar-refractivity contribution in [3.05, 3.63) is 71.8 Å². The van der Waals surface area contributed by atoms with Crippen molar-refractivity contribution in [3.8, 4) is 6.07 Å². The van der Waals surface area contributed by atoms with Gasteiger partial charge in [0.2, 0.25) is 0 Å². The van der Waals surface area contributed by atoms with Crippen LogP contribution in [0.15, 0.2) is 60.7 Å². The molecular formula is C17H16N2O. The summed E-state index contributed by atoms with van der Waals surface area (Å²) in [6.45, 7) is 1.15. The van der Waals surface area contributed by atoms with Crippen molar-refractivity contribution in [2.45, 2.75) is 12.6 Å². The Hall–Kier alpha value is -2.15. The predicted octanol–water partition coefficient (Wildman–Crippen LogP) is 3.31. The van der Waals surface area contributed by atoms with E-state index in [2.05, 4.69) is 30.3 Å². The molecule has 0 radical (unpaired) electrons. The Kier molecular flexibility index (Phi) is 3.78. The predicted molar refractivity (Wildman–Crippen MR) is 76.2 cm³/mol. The number of nitrogens with zero attached hydrogens (tertiary/aromatic N) is 2. The molecule has 0 saturated carbocycles. The van der Waals surface area contributed by atoms with Crippen molar-refractivity contribution in [1.82, 2.24) is 5.06 Å². The molecule has 1 aliphatic heterocycles. The highest BCUT2D eigenvalue weighted by molar-refractivity contribution is 5.23. The lowest BCUT2D eigenvalue weighted by molar-refractivity contribution is -0.141. The third-order valence-corrected chi connectivity index (χ3v) is 3.60. The van der Waals surface area contributed by atoms with Gasteiger partial charge in [-0.2, -0.15) is 10.3 Å². The lowest BCUT2D eigenvalue weighted by Crippen LogP contribution is -2.23. The Morgan fingerprint density at radius 1 is 1.05 bits per heavy atom. The third kappa shape index (κ3) is 2.57. The molecule has 1 aliphatic rings. The Balaban J connectivity index is 1.85. The molecule has 100 valence electrons. The van der Waals surface area contributed by atoms with E-state index in [1.54, 1.807) is 0 Å². The van der Waals surface area contributed by atoms with Crippen molar-refractivity contribution in [2.24, 2.45) is 5.92 Å². The minimum Gasteiger partial charge on any atom is -0.297 e. The highest BCUT2D eigenvalue weighted by atomic mass is 16.7. The average molecular weight is 264 g/mol. The van der Waals surface area contributed by atoms with Crippen LogP contribution in [-0.2, 0) is 11.4 Å². The second kappa shape index (κ2) is 5.87. The molecule has 1 saturated heterocycles. The molecule has 0 aliphatic carbocycles. The molecule has 2 atom stereocenters. The van der Waals surface area contributed by atoms with Gasteiger partial charge < -0.3 is 0 Å². The molecule has 1 fully saturated rings. The van der Waals surface area contributed by atoms with Crippen LogP contribution < -0.4 is 0 Å². The average Bonchev–Trinajstić information content (AvgIpc) is 2.92. The number of benzene rings is 2. The number of rotatable bonds is 3. The van der Waals surface area contributed by atoms with Crippen molar-refractivity contribution in [1.29, 1.82) is 5.26 Å². The monoisotopic (exact) mass is 264 g/mol. The Morgan fingerprint density at radius 3 is 2.35 bits per heavy atom. The van der Waals surface area contributed by atoms with Crippen LogP contribution in [0, 0.1) is 17.2 Å². The van der Waals surface area contributed by atoms with Gasteiger partial charge in [-0.25, -0.2) is 0 Å². The fourth-order valence-corrected chi connectivity index (χ4v) is 2.61. The van der Waals surface area contributed by atoms with Crippen LogP contribution in [-0.4, -0.2) is 11.7 Å². The molecule has 0 unspecified atom stereocenters. The lowest BCUT2D eigenvalue weighted by atomic mass is 9.95. The van der Waals surface area contributed by atoms with Crippen LogP contribution in [0.4, 0.5) is 0 Å². The smallest absolute Gasteiger partial charge is 0.0936 e. The summed E-state index contributed by atoms with van der Waals surface area (Å²) in [7, 11) is 0. The minimum absolute atomic E-state index is 0.00130. The zero-order valence-corrected chi connectivity index (χ0v) is 11.1. The lowest BCUT2D eigenvalue weighted by Gasteiger charge is -2.24. The fraction of sp³-hybridized carbons (Fsp3) is 0.235. The first-order valence-electron chi connectivity index (χ1n) is 6.76. The third-order valence-electron chi connectivity index (χ3n) is 3.60. The topological polar surface area (TPSA) is 36.3 Å². The summed E-state index contributed by atoms with van der Waals surface area (Å²) < 4.78 is 0. The van der Waals surface area contributed by atoms with E-state index in [4.69, 9.17) is 4.84 Å². The normalized spacial score (nSPS) is 22.6. The highest BCUT2D eigenvalue weighted by Crippen LogP contribution is 2.35. The maximum Gasteiger partial charge on any atom is 0.0936 e. The second-order valence-electron chi connectivity index (χ2n) is 4.95. The molecule has 2 aromatic carbocycles. The fourth-order valence-electron chi connectivity index (χ4n) is 2.61. The Labute approximate surface area is 119 Å². The van der Waals surface area contributed by atoms with Gasteiger partial charge in [0, 0.05) is 6.54 Å². The van der Waals surface area contributed by atoms with Crippen molar-refractivity contribution < 1.29 is 4.84 Å². The number of nitriles is 1. The number of hydrogen-bond acceptors (Lipinski definition) is 3. The molecule has 3 rings (SSSR count). The van der Waals surface area contributed by atoms with E-state index < -0.39 is 0 Å². The molecule has 2 aromatic rings. The van der Waals surface area contributed by atoms with E-state index >= 15 is 0 Å². The van der Waals surface area contributed by atoms with E-state index in [-0.39, 0.29) is 12.0 Å². The van der Waals surface area contributed by atoms with Gasteiger partial charge in [0.05, 0.1) is 24.6 Å². The maximum absolute atomic E-state index is 9.32. The standard InChI is InChI=1S/C17H16N2O/c18-11-16-13-20-19(12-14-7-3-1-4-8-14)17(16)15-9-5-2-6-10-15/h1-10,16-17H,12-13H2/t16-,17+/m1/s1. The van der Waals surface area contributed by atoms with E-state index in [0.717, 1.165) is 5.56 Å². The summed E-state index contributed by atoms with van der Waals surface area (Å²) in [5.74, 6) is -0.124.